The highest BCUT2D eigenvalue weighted by Gasteiger charge is 2.16. The van der Waals surface area contributed by atoms with Crippen LogP contribution in [0.2, 0.25) is 5.02 Å². The maximum absolute atomic E-state index is 12.5. The number of hydrogen-bond donors (Lipinski definition) is 0. The first-order valence-electron chi connectivity index (χ1n) is 9.32. The minimum Gasteiger partial charge on any atom is -0.379 e. The molecule has 0 unspecified atom stereocenters. The highest BCUT2D eigenvalue weighted by molar-refractivity contribution is 6.31. The Morgan fingerprint density at radius 3 is 2.81 bits per heavy atom. The molecule has 0 aliphatic carbocycles. The van der Waals surface area contributed by atoms with Crippen molar-refractivity contribution in [2.24, 2.45) is 0 Å². The Kier molecular flexibility index (Phi) is 7.20. The second-order valence-electron chi connectivity index (χ2n) is 6.78. The third-order valence-electron chi connectivity index (χ3n) is 4.72. The van der Waals surface area contributed by atoms with Gasteiger partial charge in [0.1, 0.15) is 0 Å². The van der Waals surface area contributed by atoms with E-state index in [1.165, 1.54) is 0 Å². The lowest BCUT2D eigenvalue weighted by atomic mass is 10.2. The van der Waals surface area contributed by atoms with Crippen molar-refractivity contribution in [2.75, 3.05) is 46.4 Å². The van der Waals surface area contributed by atoms with Gasteiger partial charge in [-0.25, -0.2) is 4.68 Å². The first-order chi connectivity index (χ1) is 13.1. The number of morpholine rings is 1. The van der Waals surface area contributed by atoms with Crippen molar-refractivity contribution in [3.63, 3.8) is 0 Å². The number of ether oxygens (including phenoxy) is 1. The highest BCUT2D eigenvalue weighted by atomic mass is 35.5. The molecule has 0 atom stereocenters. The Balaban J connectivity index is 1.44. The van der Waals surface area contributed by atoms with Crippen LogP contribution < -0.4 is 0 Å². The summed E-state index contributed by atoms with van der Waals surface area (Å²) in [5.74, 6) is -0.105. The molecule has 1 aliphatic rings. The van der Waals surface area contributed by atoms with Crippen LogP contribution in [-0.4, -0.2) is 77.1 Å². The van der Waals surface area contributed by atoms with Crippen molar-refractivity contribution in [1.82, 2.24) is 24.8 Å². The van der Waals surface area contributed by atoms with Gasteiger partial charge in [0.15, 0.2) is 5.69 Å². The molecule has 2 heterocycles. The minimum atomic E-state index is -0.105. The molecule has 1 aromatic carbocycles. The summed E-state index contributed by atoms with van der Waals surface area (Å²) in [6.45, 7) is 5.90. The summed E-state index contributed by atoms with van der Waals surface area (Å²) in [6, 6.07) is 7.59. The van der Waals surface area contributed by atoms with Crippen LogP contribution in [0.15, 0.2) is 30.5 Å². The number of carbonyl (C=O) groups excluding carboxylic acids is 1. The molecular formula is C19H26ClN5O2. The zero-order valence-corrected chi connectivity index (χ0v) is 16.4. The van der Waals surface area contributed by atoms with E-state index in [1.54, 1.807) is 15.8 Å². The summed E-state index contributed by atoms with van der Waals surface area (Å²) in [5, 5.41) is 8.76. The first-order valence-corrected chi connectivity index (χ1v) is 9.70. The molecule has 8 heteroatoms. The van der Waals surface area contributed by atoms with E-state index in [-0.39, 0.29) is 5.91 Å². The summed E-state index contributed by atoms with van der Waals surface area (Å²) < 4.78 is 6.99. The van der Waals surface area contributed by atoms with Gasteiger partial charge < -0.3 is 9.64 Å². The van der Waals surface area contributed by atoms with Gasteiger partial charge >= 0.3 is 0 Å². The Morgan fingerprint density at radius 1 is 1.26 bits per heavy atom. The van der Waals surface area contributed by atoms with Gasteiger partial charge in [0.2, 0.25) is 0 Å². The van der Waals surface area contributed by atoms with E-state index in [4.69, 9.17) is 16.3 Å². The monoisotopic (exact) mass is 391 g/mol. The van der Waals surface area contributed by atoms with E-state index in [0.29, 0.717) is 23.8 Å². The standard InChI is InChI=1S/C19H26ClN5O2/c1-23(8-4-5-9-24-10-12-27-13-11-24)19(26)18-15-25(22-21-18)14-16-6-2-3-7-17(16)20/h2-3,6-7,15H,4-5,8-14H2,1H3. The summed E-state index contributed by atoms with van der Waals surface area (Å²) in [5.41, 5.74) is 1.30. The highest BCUT2D eigenvalue weighted by Crippen LogP contribution is 2.16. The molecule has 146 valence electrons. The van der Waals surface area contributed by atoms with Crippen molar-refractivity contribution >= 4 is 17.5 Å². The Labute approximate surface area is 164 Å². The smallest absolute Gasteiger partial charge is 0.275 e. The molecule has 3 rings (SSSR count). The normalized spacial score (nSPS) is 15.0. The van der Waals surface area contributed by atoms with Crippen LogP contribution >= 0.6 is 11.6 Å². The van der Waals surface area contributed by atoms with E-state index < -0.39 is 0 Å². The second-order valence-corrected chi connectivity index (χ2v) is 7.19. The average Bonchev–Trinajstić information content (AvgIpc) is 3.15. The van der Waals surface area contributed by atoms with Crippen LogP contribution in [0, 0.1) is 0 Å². The molecule has 0 radical (unpaired) electrons. The van der Waals surface area contributed by atoms with E-state index in [2.05, 4.69) is 15.2 Å². The SMILES string of the molecule is CN(CCCCN1CCOCC1)C(=O)c1cn(Cc2ccccc2Cl)nn1. The molecule has 0 spiro atoms. The Morgan fingerprint density at radius 2 is 2.04 bits per heavy atom. The van der Waals surface area contributed by atoms with Gasteiger partial charge in [-0.1, -0.05) is 35.0 Å². The van der Waals surface area contributed by atoms with Gasteiger partial charge in [0.25, 0.3) is 5.91 Å². The van der Waals surface area contributed by atoms with E-state index in [1.807, 2.05) is 31.3 Å². The number of rotatable bonds is 8. The fraction of sp³-hybridized carbons (Fsp3) is 0.526. The largest absolute Gasteiger partial charge is 0.379 e. The zero-order valence-electron chi connectivity index (χ0n) is 15.7. The molecule has 0 saturated carbocycles. The lowest BCUT2D eigenvalue weighted by Crippen LogP contribution is -2.37. The molecule has 1 amide bonds. The average molecular weight is 392 g/mol. The number of carbonyl (C=O) groups is 1. The topological polar surface area (TPSA) is 63.5 Å². The summed E-state index contributed by atoms with van der Waals surface area (Å²) in [4.78, 5) is 16.7. The summed E-state index contributed by atoms with van der Waals surface area (Å²) >= 11 is 6.17. The summed E-state index contributed by atoms with van der Waals surface area (Å²) in [6.07, 6.45) is 3.71. The van der Waals surface area contributed by atoms with Gasteiger partial charge in [-0.2, -0.15) is 0 Å². The number of benzene rings is 1. The lowest BCUT2D eigenvalue weighted by molar-refractivity contribution is 0.0369. The number of hydrogen-bond acceptors (Lipinski definition) is 5. The first kappa shape index (κ1) is 19.8. The molecule has 7 nitrogen and oxygen atoms in total. The van der Waals surface area contributed by atoms with Crippen molar-refractivity contribution in [1.29, 1.82) is 0 Å². The third kappa shape index (κ3) is 5.76. The second kappa shape index (κ2) is 9.82. The molecule has 1 saturated heterocycles. The zero-order chi connectivity index (χ0) is 19.1. The van der Waals surface area contributed by atoms with Gasteiger partial charge in [-0.15, -0.1) is 5.10 Å². The molecule has 2 aromatic rings. The van der Waals surface area contributed by atoms with Gasteiger partial charge in [0.05, 0.1) is 26.0 Å². The number of halogens is 1. The Bertz CT molecular complexity index is 745. The molecule has 0 N–H and O–H groups in total. The maximum atomic E-state index is 12.5. The van der Waals surface area contributed by atoms with Gasteiger partial charge in [-0.3, -0.25) is 9.69 Å². The van der Waals surface area contributed by atoms with E-state index >= 15 is 0 Å². The Hall–Kier alpha value is -1.96. The lowest BCUT2D eigenvalue weighted by Gasteiger charge is -2.26. The van der Waals surface area contributed by atoms with E-state index in [9.17, 15) is 4.79 Å². The quantitative estimate of drug-likeness (QED) is 0.645. The van der Waals surface area contributed by atoms with Gasteiger partial charge in [0, 0.05) is 31.7 Å². The van der Waals surface area contributed by atoms with Crippen LogP contribution in [0.4, 0.5) is 0 Å². The van der Waals surface area contributed by atoms with Crippen molar-refractivity contribution < 1.29 is 9.53 Å². The molecule has 27 heavy (non-hydrogen) atoms. The fourth-order valence-electron chi connectivity index (χ4n) is 3.08. The van der Waals surface area contributed by atoms with Crippen molar-refractivity contribution in [3.05, 3.63) is 46.7 Å². The van der Waals surface area contributed by atoms with Crippen LogP contribution in [0.25, 0.3) is 0 Å². The van der Waals surface area contributed by atoms with Crippen molar-refractivity contribution in [2.45, 2.75) is 19.4 Å². The van der Waals surface area contributed by atoms with Crippen LogP contribution in [-0.2, 0) is 11.3 Å². The number of amides is 1. The molecule has 1 aliphatic heterocycles. The molecular weight excluding hydrogens is 366 g/mol. The van der Waals surface area contributed by atoms with Crippen LogP contribution in [0.3, 0.4) is 0 Å². The van der Waals surface area contributed by atoms with Crippen molar-refractivity contribution in [3.8, 4) is 0 Å². The molecule has 0 bridgehead atoms. The summed E-state index contributed by atoms with van der Waals surface area (Å²) in [7, 11) is 1.81. The number of aromatic nitrogens is 3. The number of nitrogens with zero attached hydrogens (tertiary/aromatic N) is 5. The third-order valence-corrected chi connectivity index (χ3v) is 5.08. The number of unbranched alkanes of at least 4 members (excludes halogenated alkanes) is 1. The minimum absolute atomic E-state index is 0.105. The molecule has 1 aromatic heterocycles. The fourth-order valence-corrected chi connectivity index (χ4v) is 3.28. The maximum Gasteiger partial charge on any atom is 0.275 e. The molecule has 1 fully saturated rings. The van der Waals surface area contributed by atoms with E-state index in [0.717, 1.165) is 51.3 Å². The van der Waals surface area contributed by atoms with Crippen LogP contribution in [0.1, 0.15) is 28.9 Å². The predicted octanol–water partition coefficient (Wildman–Crippen LogP) is 2.16. The van der Waals surface area contributed by atoms with Gasteiger partial charge in [-0.05, 0) is 31.0 Å². The van der Waals surface area contributed by atoms with Crippen LogP contribution in [0.5, 0.6) is 0 Å². The predicted molar refractivity (Wildman–Crippen MR) is 104 cm³/mol.